The molecule has 1 aromatic carbocycles. The Bertz CT molecular complexity index is 328. The van der Waals surface area contributed by atoms with Crippen molar-refractivity contribution in [3.63, 3.8) is 0 Å². The molecule has 0 saturated heterocycles. The fraction of sp³-hybridized carbons (Fsp3) is 0.600. The maximum Gasteiger partial charge on any atom is 0.119 e. The summed E-state index contributed by atoms with van der Waals surface area (Å²) in [5.74, 6) is 1.62. The van der Waals surface area contributed by atoms with Crippen LogP contribution in [0.15, 0.2) is 24.3 Å². The lowest BCUT2D eigenvalue weighted by Crippen LogP contribution is -2.34. The summed E-state index contributed by atoms with van der Waals surface area (Å²) in [7, 11) is 0. The van der Waals surface area contributed by atoms with Crippen LogP contribution in [0.5, 0.6) is 11.5 Å². The van der Waals surface area contributed by atoms with Gasteiger partial charge >= 0.3 is 0 Å². The predicted octanol–water partition coefficient (Wildman–Crippen LogP) is 3.41. The fourth-order valence-corrected chi connectivity index (χ4v) is 1.52. The molecule has 0 spiro atoms. The Morgan fingerprint density at radius 1 is 0.944 bits per heavy atom. The lowest BCUT2D eigenvalue weighted by molar-refractivity contribution is -0.0113. The minimum Gasteiger partial charge on any atom is -0.494 e. The molecule has 3 nitrogen and oxygen atoms in total. The summed E-state index contributed by atoms with van der Waals surface area (Å²) >= 11 is 0. The summed E-state index contributed by atoms with van der Waals surface area (Å²) in [6.07, 6.45) is 2.39. The number of hydrogen-bond donors (Lipinski definition) is 1. The third kappa shape index (κ3) is 4.57. The Kier molecular flexibility index (Phi) is 5.99. The standard InChI is InChI=1S/C15H24O3/c1-4-11-17-13-7-9-14(10-8-13)18-12-15(16,5-2)6-3/h7-10,16H,4-6,11-12H2,1-3H3. The van der Waals surface area contributed by atoms with Crippen molar-refractivity contribution in [2.75, 3.05) is 13.2 Å². The summed E-state index contributed by atoms with van der Waals surface area (Å²) in [6, 6.07) is 7.53. The molecule has 0 aromatic heterocycles. The van der Waals surface area contributed by atoms with Gasteiger partial charge in [-0.1, -0.05) is 20.8 Å². The van der Waals surface area contributed by atoms with E-state index in [1.807, 2.05) is 38.1 Å². The molecule has 1 rings (SSSR count). The molecular formula is C15H24O3. The summed E-state index contributed by atoms with van der Waals surface area (Å²) < 4.78 is 11.1. The van der Waals surface area contributed by atoms with Crippen LogP contribution >= 0.6 is 0 Å². The highest BCUT2D eigenvalue weighted by Gasteiger charge is 2.22. The van der Waals surface area contributed by atoms with Gasteiger partial charge in [0.25, 0.3) is 0 Å². The highest BCUT2D eigenvalue weighted by Crippen LogP contribution is 2.21. The quantitative estimate of drug-likeness (QED) is 0.770. The third-order valence-corrected chi connectivity index (χ3v) is 3.12. The van der Waals surface area contributed by atoms with Crippen molar-refractivity contribution in [1.29, 1.82) is 0 Å². The minimum atomic E-state index is -0.725. The summed E-state index contributed by atoms with van der Waals surface area (Å²) in [5, 5.41) is 10.1. The molecule has 18 heavy (non-hydrogen) atoms. The van der Waals surface area contributed by atoms with E-state index in [0.717, 1.165) is 24.5 Å². The molecule has 3 heteroatoms. The minimum absolute atomic E-state index is 0.329. The van der Waals surface area contributed by atoms with Crippen LogP contribution in [-0.2, 0) is 0 Å². The van der Waals surface area contributed by atoms with E-state index in [-0.39, 0.29) is 0 Å². The number of benzene rings is 1. The van der Waals surface area contributed by atoms with Crippen molar-refractivity contribution in [3.8, 4) is 11.5 Å². The van der Waals surface area contributed by atoms with Crippen LogP contribution in [0.2, 0.25) is 0 Å². The van der Waals surface area contributed by atoms with E-state index >= 15 is 0 Å². The van der Waals surface area contributed by atoms with Crippen molar-refractivity contribution in [2.24, 2.45) is 0 Å². The van der Waals surface area contributed by atoms with Gasteiger partial charge in [-0.3, -0.25) is 0 Å². The van der Waals surface area contributed by atoms with E-state index < -0.39 is 5.60 Å². The summed E-state index contributed by atoms with van der Waals surface area (Å²) in [5.41, 5.74) is -0.725. The average molecular weight is 252 g/mol. The van der Waals surface area contributed by atoms with Gasteiger partial charge in [0.2, 0.25) is 0 Å². The molecule has 0 aliphatic carbocycles. The lowest BCUT2D eigenvalue weighted by Gasteiger charge is -2.25. The smallest absolute Gasteiger partial charge is 0.119 e. The van der Waals surface area contributed by atoms with Crippen molar-refractivity contribution in [3.05, 3.63) is 24.3 Å². The molecule has 0 amide bonds. The second kappa shape index (κ2) is 7.27. The highest BCUT2D eigenvalue weighted by atomic mass is 16.5. The lowest BCUT2D eigenvalue weighted by atomic mass is 9.99. The van der Waals surface area contributed by atoms with Crippen LogP contribution in [0.4, 0.5) is 0 Å². The van der Waals surface area contributed by atoms with E-state index in [4.69, 9.17) is 9.47 Å². The SMILES string of the molecule is CCCOc1ccc(OCC(O)(CC)CC)cc1. The largest absolute Gasteiger partial charge is 0.494 e. The molecule has 0 aliphatic rings. The Labute approximate surface area is 110 Å². The summed E-state index contributed by atoms with van der Waals surface area (Å²) in [6.45, 7) is 7.07. The fourth-order valence-electron chi connectivity index (χ4n) is 1.52. The maximum atomic E-state index is 10.1. The topological polar surface area (TPSA) is 38.7 Å². The summed E-state index contributed by atoms with van der Waals surface area (Å²) in [4.78, 5) is 0. The van der Waals surface area contributed by atoms with E-state index in [9.17, 15) is 5.11 Å². The van der Waals surface area contributed by atoms with Gasteiger partial charge in [-0.15, -0.1) is 0 Å². The first-order chi connectivity index (χ1) is 8.63. The molecule has 0 saturated carbocycles. The number of aliphatic hydroxyl groups is 1. The second-order valence-corrected chi connectivity index (χ2v) is 4.54. The van der Waals surface area contributed by atoms with Gasteiger partial charge in [0.05, 0.1) is 12.2 Å². The zero-order valence-corrected chi connectivity index (χ0v) is 11.6. The van der Waals surface area contributed by atoms with Gasteiger partial charge in [-0.25, -0.2) is 0 Å². The van der Waals surface area contributed by atoms with Crippen molar-refractivity contribution < 1.29 is 14.6 Å². The molecule has 0 bridgehead atoms. The van der Waals surface area contributed by atoms with Gasteiger partial charge in [-0.05, 0) is 43.5 Å². The molecule has 102 valence electrons. The van der Waals surface area contributed by atoms with E-state index in [0.29, 0.717) is 19.4 Å². The van der Waals surface area contributed by atoms with Crippen LogP contribution < -0.4 is 9.47 Å². The molecular weight excluding hydrogens is 228 g/mol. The molecule has 0 radical (unpaired) electrons. The Morgan fingerprint density at radius 2 is 1.44 bits per heavy atom. The monoisotopic (exact) mass is 252 g/mol. The van der Waals surface area contributed by atoms with Gasteiger partial charge in [0.15, 0.2) is 0 Å². The van der Waals surface area contributed by atoms with Gasteiger partial charge in [0, 0.05) is 0 Å². The molecule has 0 fully saturated rings. The first kappa shape index (κ1) is 14.8. The van der Waals surface area contributed by atoms with E-state index in [1.54, 1.807) is 0 Å². The number of ether oxygens (including phenoxy) is 2. The zero-order chi connectivity index (χ0) is 13.4. The van der Waals surface area contributed by atoms with Crippen molar-refractivity contribution in [2.45, 2.75) is 45.6 Å². The number of hydrogen-bond acceptors (Lipinski definition) is 3. The second-order valence-electron chi connectivity index (χ2n) is 4.54. The van der Waals surface area contributed by atoms with Crippen LogP contribution in [0.3, 0.4) is 0 Å². The van der Waals surface area contributed by atoms with Gasteiger partial charge in [-0.2, -0.15) is 0 Å². The Balaban J connectivity index is 2.48. The molecule has 1 N–H and O–H groups in total. The van der Waals surface area contributed by atoms with Crippen LogP contribution in [0.1, 0.15) is 40.0 Å². The number of rotatable bonds is 8. The molecule has 0 aliphatic heterocycles. The molecule has 1 aromatic rings. The normalized spacial score (nSPS) is 11.3. The highest BCUT2D eigenvalue weighted by molar-refractivity contribution is 5.31. The first-order valence-corrected chi connectivity index (χ1v) is 6.71. The third-order valence-electron chi connectivity index (χ3n) is 3.12. The van der Waals surface area contributed by atoms with Crippen molar-refractivity contribution in [1.82, 2.24) is 0 Å². The average Bonchev–Trinajstić information content (AvgIpc) is 2.43. The zero-order valence-electron chi connectivity index (χ0n) is 11.6. The molecule has 0 unspecified atom stereocenters. The van der Waals surface area contributed by atoms with Gasteiger partial charge in [0.1, 0.15) is 18.1 Å². The van der Waals surface area contributed by atoms with Gasteiger partial charge < -0.3 is 14.6 Å². The van der Waals surface area contributed by atoms with Crippen LogP contribution in [0.25, 0.3) is 0 Å². The first-order valence-electron chi connectivity index (χ1n) is 6.71. The predicted molar refractivity (Wildman–Crippen MR) is 73.3 cm³/mol. The van der Waals surface area contributed by atoms with Crippen molar-refractivity contribution >= 4 is 0 Å². The Morgan fingerprint density at radius 3 is 1.89 bits per heavy atom. The molecule has 0 atom stereocenters. The van der Waals surface area contributed by atoms with E-state index in [1.165, 1.54) is 0 Å². The Hall–Kier alpha value is -1.22. The maximum absolute atomic E-state index is 10.1. The van der Waals surface area contributed by atoms with Crippen LogP contribution in [-0.4, -0.2) is 23.9 Å². The van der Waals surface area contributed by atoms with E-state index in [2.05, 4.69) is 6.92 Å². The van der Waals surface area contributed by atoms with Crippen LogP contribution in [0, 0.1) is 0 Å². The molecule has 0 heterocycles.